The quantitative estimate of drug-likeness (QED) is 0.675. The lowest BCUT2D eigenvalue weighted by atomic mass is 10.0. The highest BCUT2D eigenvalue weighted by molar-refractivity contribution is 5.98. The zero-order chi connectivity index (χ0) is 16.9. The molecule has 0 radical (unpaired) electrons. The molecule has 0 amide bonds. The Morgan fingerprint density at radius 1 is 1.00 bits per heavy atom. The van der Waals surface area contributed by atoms with Gasteiger partial charge in [-0.3, -0.25) is 0 Å². The minimum atomic E-state index is -0.331. The fourth-order valence-corrected chi connectivity index (χ4v) is 2.77. The normalized spacial score (nSPS) is 11.6. The average molecular weight is 317 g/mol. The summed E-state index contributed by atoms with van der Waals surface area (Å²) >= 11 is 0. The number of hydrogen-bond donors (Lipinski definition) is 1. The lowest BCUT2D eigenvalue weighted by molar-refractivity contribution is 0.0600. The number of methoxy groups -OCH3 is 1. The van der Waals surface area contributed by atoms with Crippen LogP contribution in [0.5, 0.6) is 0 Å². The first kappa shape index (κ1) is 15.8. The van der Waals surface area contributed by atoms with Crippen molar-refractivity contribution >= 4 is 35.1 Å². The van der Waals surface area contributed by atoms with E-state index in [9.17, 15) is 4.79 Å². The van der Waals surface area contributed by atoms with Gasteiger partial charge in [-0.2, -0.15) is 0 Å². The molecule has 24 heavy (non-hydrogen) atoms. The van der Waals surface area contributed by atoms with Crippen LogP contribution in [0.2, 0.25) is 0 Å². The van der Waals surface area contributed by atoms with Crippen LogP contribution in [-0.2, 0) is 4.74 Å². The monoisotopic (exact) mass is 317 g/mol. The number of H-pyrrole nitrogens is 1. The molecule has 0 spiro atoms. The molecule has 0 unspecified atom stereocenters. The maximum Gasteiger partial charge on any atom is 0.338 e. The van der Waals surface area contributed by atoms with E-state index >= 15 is 0 Å². The van der Waals surface area contributed by atoms with Gasteiger partial charge in [0.15, 0.2) is 0 Å². The van der Waals surface area contributed by atoms with Crippen LogP contribution in [0.25, 0.3) is 29.1 Å². The summed E-state index contributed by atoms with van der Waals surface area (Å²) in [7, 11) is 1.40. The first-order valence-corrected chi connectivity index (χ1v) is 7.83. The number of hydrogen-bond acceptors (Lipinski definition) is 2. The number of ether oxygens (including phenoxy) is 1. The molecular weight excluding hydrogens is 298 g/mol. The number of esters is 1. The predicted octanol–water partition coefficient (Wildman–Crippen LogP) is 5.16. The molecule has 3 aromatic rings. The third-order valence-electron chi connectivity index (χ3n) is 3.91. The molecule has 0 aliphatic heterocycles. The van der Waals surface area contributed by atoms with Gasteiger partial charge in [-0.15, -0.1) is 0 Å². The van der Waals surface area contributed by atoms with Crippen LogP contribution in [0.3, 0.4) is 0 Å². The van der Waals surface area contributed by atoms with Gasteiger partial charge >= 0.3 is 5.97 Å². The number of aromatic amines is 1. The minimum Gasteiger partial charge on any atom is -0.465 e. The van der Waals surface area contributed by atoms with Gasteiger partial charge in [0.05, 0.1) is 12.7 Å². The summed E-state index contributed by atoms with van der Waals surface area (Å²) in [6.45, 7) is 1.99. The van der Waals surface area contributed by atoms with E-state index in [0.29, 0.717) is 5.56 Å². The molecule has 0 saturated heterocycles. The third kappa shape index (κ3) is 3.01. The fourth-order valence-electron chi connectivity index (χ4n) is 2.77. The van der Waals surface area contributed by atoms with Gasteiger partial charge in [0.1, 0.15) is 0 Å². The summed E-state index contributed by atoms with van der Waals surface area (Å²) in [6.07, 6.45) is 8.04. The summed E-state index contributed by atoms with van der Waals surface area (Å²) < 4.78 is 4.86. The zero-order valence-corrected chi connectivity index (χ0v) is 13.7. The molecule has 3 heteroatoms. The summed E-state index contributed by atoms with van der Waals surface area (Å²) in [5, 5.41) is 1.15. The van der Waals surface area contributed by atoms with Crippen LogP contribution < -0.4 is 0 Å². The molecule has 1 heterocycles. The molecule has 3 nitrogen and oxygen atoms in total. The second-order valence-electron chi connectivity index (χ2n) is 5.41. The highest BCUT2D eigenvalue weighted by Gasteiger charge is 2.10. The first-order chi connectivity index (χ1) is 11.7. The van der Waals surface area contributed by atoms with Crippen molar-refractivity contribution in [2.24, 2.45) is 0 Å². The number of carbonyl (C=O) groups excluding carboxylic acids is 1. The van der Waals surface area contributed by atoms with Crippen molar-refractivity contribution in [2.75, 3.05) is 7.11 Å². The van der Waals surface area contributed by atoms with Crippen LogP contribution in [0.15, 0.2) is 54.6 Å². The Bertz CT molecular complexity index is 932. The summed E-state index contributed by atoms with van der Waals surface area (Å²) in [5.41, 5.74) is 4.63. The molecule has 1 aromatic heterocycles. The Morgan fingerprint density at radius 2 is 1.75 bits per heavy atom. The van der Waals surface area contributed by atoms with E-state index in [2.05, 4.69) is 17.1 Å². The molecule has 0 atom stereocenters. The van der Waals surface area contributed by atoms with Crippen molar-refractivity contribution < 1.29 is 9.53 Å². The Labute approximate surface area is 141 Å². The second kappa shape index (κ2) is 7.01. The van der Waals surface area contributed by atoms with E-state index in [-0.39, 0.29) is 5.97 Å². The van der Waals surface area contributed by atoms with E-state index < -0.39 is 0 Å². The van der Waals surface area contributed by atoms with Crippen molar-refractivity contribution in [2.45, 2.75) is 6.92 Å². The number of benzene rings is 2. The number of nitrogens with one attached hydrogen (secondary N) is 1. The van der Waals surface area contributed by atoms with Gasteiger partial charge < -0.3 is 9.72 Å². The van der Waals surface area contributed by atoms with Gasteiger partial charge in [-0.05, 0) is 30.7 Å². The maximum atomic E-state index is 11.9. The average Bonchev–Trinajstić information content (AvgIpc) is 2.97. The van der Waals surface area contributed by atoms with Crippen molar-refractivity contribution in [1.29, 1.82) is 0 Å². The van der Waals surface area contributed by atoms with Crippen LogP contribution in [0.4, 0.5) is 0 Å². The molecule has 0 bridgehead atoms. The number of rotatable bonds is 4. The van der Waals surface area contributed by atoms with Crippen molar-refractivity contribution in [3.63, 3.8) is 0 Å². The Kier molecular flexibility index (Phi) is 4.62. The van der Waals surface area contributed by atoms with E-state index in [0.717, 1.165) is 27.7 Å². The number of para-hydroxylation sites is 1. The van der Waals surface area contributed by atoms with Crippen molar-refractivity contribution in [3.05, 3.63) is 77.0 Å². The van der Waals surface area contributed by atoms with E-state index in [1.165, 1.54) is 7.11 Å². The Hall–Kier alpha value is -3.07. The highest BCUT2D eigenvalue weighted by Crippen LogP contribution is 2.26. The molecule has 0 saturated carbocycles. The van der Waals surface area contributed by atoms with Gasteiger partial charge in [-0.25, -0.2) is 4.79 Å². The van der Waals surface area contributed by atoms with Crippen molar-refractivity contribution in [1.82, 2.24) is 4.98 Å². The summed E-state index contributed by atoms with van der Waals surface area (Å²) in [4.78, 5) is 15.3. The van der Waals surface area contributed by atoms with Crippen molar-refractivity contribution in [3.8, 4) is 0 Å². The van der Waals surface area contributed by atoms with Crippen LogP contribution in [0, 0.1) is 0 Å². The molecule has 3 rings (SSSR count). The molecule has 0 fully saturated rings. The highest BCUT2D eigenvalue weighted by atomic mass is 16.5. The number of carbonyl (C=O) groups is 1. The van der Waals surface area contributed by atoms with Crippen LogP contribution in [0.1, 0.15) is 34.1 Å². The Balaban J connectivity index is 2.09. The standard InChI is InChI=1S/C21H19NO2/c1-3-8-19-18(17-11-6-7-12-20(17)22-19)14-13-15-9-4-5-10-16(15)21(23)24-2/h3-14,22H,1-2H3/b8-3-,14-13+. The van der Waals surface area contributed by atoms with E-state index in [1.807, 2.05) is 61.6 Å². The fraction of sp³-hybridized carbons (Fsp3) is 0.0952. The number of fused-ring (bicyclic) bond motifs is 1. The smallest absolute Gasteiger partial charge is 0.338 e. The van der Waals surface area contributed by atoms with E-state index in [1.54, 1.807) is 6.07 Å². The predicted molar refractivity (Wildman–Crippen MR) is 99.7 cm³/mol. The lowest BCUT2D eigenvalue weighted by Gasteiger charge is -2.03. The minimum absolute atomic E-state index is 0.331. The van der Waals surface area contributed by atoms with Crippen LogP contribution in [-0.4, -0.2) is 18.1 Å². The first-order valence-electron chi connectivity index (χ1n) is 7.83. The lowest BCUT2D eigenvalue weighted by Crippen LogP contribution is -2.03. The van der Waals surface area contributed by atoms with Gasteiger partial charge in [-0.1, -0.05) is 54.6 Å². The molecule has 2 aromatic carbocycles. The third-order valence-corrected chi connectivity index (χ3v) is 3.91. The van der Waals surface area contributed by atoms with Gasteiger partial charge in [0.2, 0.25) is 0 Å². The topological polar surface area (TPSA) is 42.1 Å². The van der Waals surface area contributed by atoms with Gasteiger partial charge in [0, 0.05) is 22.2 Å². The summed E-state index contributed by atoms with van der Waals surface area (Å²) in [6, 6.07) is 15.6. The summed E-state index contributed by atoms with van der Waals surface area (Å²) in [5.74, 6) is -0.331. The maximum absolute atomic E-state index is 11.9. The molecular formula is C21H19NO2. The Morgan fingerprint density at radius 3 is 2.54 bits per heavy atom. The second-order valence-corrected chi connectivity index (χ2v) is 5.41. The zero-order valence-electron chi connectivity index (χ0n) is 13.7. The number of allylic oxidation sites excluding steroid dienone is 1. The van der Waals surface area contributed by atoms with Gasteiger partial charge in [0.25, 0.3) is 0 Å². The number of aromatic nitrogens is 1. The molecule has 120 valence electrons. The molecule has 0 aliphatic rings. The van der Waals surface area contributed by atoms with E-state index in [4.69, 9.17) is 4.74 Å². The SMILES string of the molecule is C/C=C\c1[nH]c2ccccc2c1/C=C/c1ccccc1C(=O)OC. The molecule has 1 N–H and O–H groups in total. The molecule has 0 aliphatic carbocycles. The largest absolute Gasteiger partial charge is 0.465 e. The van der Waals surface area contributed by atoms with Crippen LogP contribution >= 0.6 is 0 Å².